The normalized spacial score (nSPS) is 11.0. The number of pyridine rings is 2. The van der Waals surface area contributed by atoms with Crippen molar-refractivity contribution in [3.05, 3.63) is 50.5 Å². The Morgan fingerprint density at radius 3 is 2.26 bits per heavy atom. The molecule has 0 aliphatic rings. The fourth-order valence-electron chi connectivity index (χ4n) is 3.11. The number of nitrogens with zero attached hydrogens (tertiary/aromatic N) is 2. The standard InChI is InChI=1S/C20H20Cl2N2O3/c1-5-6-24-14(8-12-10-23-11(2)7-13(12)20(24)25)17-18(21)15(26-3)9-16(27-4)19(17)22/h7-10H,5-6H2,1-4H3. The van der Waals surface area contributed by atoms with Crippen LogP contribution in [0.15, 0.2) is 29.2 Å². The van der Waals surface area contributed by atoms with Crippen LogP contribution in [0.1, 0.15) is 19.0 Å². The maximum atomic E-state index is 13.2. The molecule has 0 N–H and O–H groups in total. The molecule has 0 fully saturated rings. The number of aryl methyl sites for hydroxylation is 1. The van der Waals surface area contributed by atoms with E-state index in [1.165, 1.54) is 14.2 Å². The van der Waals surface area contributed by atoms with Crippen molar-refractivity contribution in [2.24, 2.45) is 0 Å². The smallest absolute Gasteiger partial charge is 0.259 e. The van der Waals surface area contributed by atoms with E-state index in [-0.39, 0.29) is 5.56 Å². The van der Waals surface area contributed by atoms with Gasteiger partial charge in [0.2, 0.25) is 0 Å². The third-order valence-electron chi connectivity index (χ3n) is 4.41. The van der Waals surface area contributed by atoms with Crippen LogP contribution in [0.5, 0.6) is 11.5 Å². The van der Waals surface area contributed by atoms with Gasteiger partial charge in [0.1, 0.15) is 11.5 Å². The van der Waals surface area contributed by atoms with Crippen LogP contribution in [0.3, 0.4) is 0 Å². The lowest BCUT2D eigenvalue weighted by Gasteiger charge is -2.19. The molecule has 0 aliphatic carbocycles. The molecule has 0 unspecified atom stereocenters. The van der Waals surface area contributed by atoms with E-state index in [9.17, 15) is 4.79 Å². The summed E-state index contributed by atoms with van der Waals surface area (Å²) in [5.41, 5.74) is 1.79. The van der Waals surface area contributed by atoms with Gasteiger partial charge in [0, 0.05) is 35.5 Å². The summed E-state index contributed by atoms with van der Waals surface area (Å²) < 4.78 is 12.4. The van der Waals surface area contributed by atoms with E-state index in [1.807, 2.05) is 19.9 Å². The summed E-state index contributed by atoms with van der Waals surface area (Å²) in [6.07, 6.45) is 2.46. The molecule has 0 amide bonds. The lowest BCUT2D eigenvalue weighted by Crippen LogP contribution is -2.22. The van der Waals surface area contributed by atoms with E-state index in [2.05, 4.69) is 4.98 Å². The van der Waals surface area contributed by atoms with Gasteiger partial charge in [0.25, 0.3) is 5.56 Å². The van der Waals surface area contributed by atoms with E-state index < -0.39 is 0 Å². The highest BCUT2D eigenvalue weighted by Gasteiger charge is 2.22. The molecule has 0 saturated heterocycles. The molecule has 3 aromatic rings. The zero-order valence-corrected chi connectivity index (χ0v) is 17.1. The Kier molecular flexibility index (Phi) is 5.63. The Morgan fingerprint density at radius 2 is 1.70 bits per heavy atom. The van der Waals surface area contributed by atoms with Gasteiger partial charge >= 0.3 is 0 Å². The summed E-state index contributed by atoms with van der Waals surface area (Å²) >= 11 is 13.2. The van der Waals surface area contributed by atoms with Crippen LogP contribution in [-0.2, 0) is 6.54 Å². The predicted octanol–water partition coefficient (Wildman–Crippen LogP) is 5.11. The van der Waals surface area contributed by atoms with Crippen LogP contribution in [0.25, 0.3) is 22.0 Å². The van der Waals surface area contributed by atoms with Crippen LogP contribution in [0.2, 0.25) is 10.0 Å². The number of hydrogen-bond donors (Lipinski definition) is 0. The molecule has 0 atom stereocenters. The first kappa shape index (κ1) is 19.5. The fourth-order valence-corrected chi connectivity index (χ4v) is 3.81. The summed E-state index contributed by atoms with van der Waals surface area (Å²) in [6.45, 7) is 4.39. The van der Waals surface area contributed by atoms with E-state index in [4.69, 9.17) is 32.7 Å². The minimum Gasteiger partial charge on any atom is -0.495 e. The number of benzene rings is 1. The van der Waals surface area contributed by atoms with Crippen molar-refractivity contribution in [2.45, 2.75) is 26.8 Å². The third kappa shape index (κ3) is 3.37. The molecule has 27 heavy (non-hydrogen) atoms. The van der Waals surface area contributed by atoms with Crippen LogP contribution in [-0.4, -0.2) is 23.8 Å². The SMILES string of the molecule is CCCn1c(-c2c(Cl)c(OC)cc(OC)c2Cl)cc2cnc(C)cc2c1=O. The highest BCUT2D eigenvalue weighted by Crippen LogP contribution is 2.46. The van der Waals surface area contributed by atoms with E-state index in [0.29, 0.717) is 44.7 Å². The van der Waals surface area contributed by atoms with Crippen molar-refractivity contribution in [3.8, 4) is 22.8 Å². The van der Waals surface area contributed by atoms with Gasteiger partial charge in [0.15, 0.2) is 0 Å². The van der Waals surface area contributed by atoms with Crippen LogP contribution in [0.4, 0.5) is 0 Å². The lowest BCUT2D eigenvalue weighted by molar-refractivity contribution is 0.395. The molecule has 3 rings (SSSR count). The molecule has 0 spiro atoms. The largest absolute Gasteiger partial charge is 0.495 e. The Balaban J connectivity index is 2.46. The van der Waals surface area contributed by atoms with Crippen LogP contribution >= 0.6 is 23.2 Å². The Bertz CT molecular complexity index is 1050. The Morgan fingerprint density at radius 1 is 1.07 bits per heavy atom. The molecular weight excluding hydrogens is 387 g/mol. The maximum Gasteiger partial charge on any atom is 0.259 e. The quantitative estimate of drug-likeness (QED) is 0.590. The predicted molar refractivity (Wildman–Crippen MR) is 110 cm³/mol. The van der Waals surface area contributed by atoms with E-state index in [0.717, 1.165) is 17.5 Å². The highest BCUT2D eigenvalue weighted by atomic mass is 35.5. The first-order valence-corrected chi connectivity index (χ1v) is 9.29. The third-order valence-corrected chi connectivity index (χ3v) is 5.16. The van der Waals surface area contributed by atoms with Gasteiger partial charge in [-0.15, -0.1) is 0 Å². The van der Waals surface area contributed by atoms with Crippen molar-refractivity contribution in [3.63, 3.8) is 0 Å². The molecule has 5 nitrogen and oxygen atoms in total. The average Bonchev–Trinajstić information content (AvgIpc) is 2.65. The lowest BCUT2D eigenvalue weighted by atomic mass is 10.1. The molecule has 0 bridgehead atoms. The van der Waals surface area contributed by atoms with Gasteiger partial charge < -0.3 is 14.0 Å². The van der Waals surface area contributed by atoms with E-state index >= 15 is 0 Å². The highest BCUT2D eigenvalue weighted by molar-refractivity contribution is 6.41. The minimum atomic E-state index is -0.108. The second kappa shape index (κ2) is 7.79. The van der Waals surface area contributed by atoms with Crippen molar-refractivity contribution < 1.29 is 9.47 Å². The summed E-state index contributed by atoms with van der Waals surface area (Å²) in [4.78, 5) is 17.5. The number of rotatable bonds is 5. The molecule has 2 aromatic heterocycles. The number of fused-ring (bicyclic) bond motifs is 1. The molecular formula is C20H20Cl2N2O3. The van der Waals surface area contributed by atoms with Crippen molar-refractivity contribution in [1.82, 2.24) is 9.55 Å². The number of halogens is 2. The van der Waals surface area contributed by atoms with Gasteiger partial charge in [-0.1, -0.05) is 30.1 Å². The minimum absolute atomic E-state index is 0.108. The van der Waals surface area contributed by atoms with Crippen LogP contribution in [0, 0.1) is 6.92 Å². The average molecular weight is 407 g/mol. The van der Waals surface area contributed by atoms with Gasteiger partial charge in [-0.25, -0.2) is 0 Å². The molecule has 7 heteroatoms. The van der Waals surface area contributed by atoms with Crippen molar-refractivity contribution in [1.29, 1.82) is 0 Å². The number of aromatic nitrogens is 2. The Labute approximate surface area is 167 Å². The van der Waals surface area contributed by atoms with Crippen molar-refractivity contribution in [2.75, 3.05) is 14.2 Å². The molecule has 2 heterocycles. The second-order valence-electron chi connectivity index (χ2n) is 6.18. The zero-order valence-electron chi connectivity index (χ0n) is 15.6. The first-order chi connectivity index (χ1) is 12.9. The number of ether oxygens (including phenoxy) is 2. The van der Waals surface area contributed by atoms with Gasteiger partial charge in [0.05, 0.1) is 35.3 Å². The molecule has 0 radical (unpaired) electrons. The van der Waals surface area contributed by atoms with E-state index in [1.54, 1.807) is 22.9 Å². The molecule has 142 valence electrons. The zero-order chi connectivity index (χ0) is 19.7. The second-order valence-corrected chi connectivity index (χ2v) is 6.94. The van der Waals surface area contributed by atoms with Crippen LogP contribution < -0.4 is 15.0 Å². The monoisotopic (exact) mass is 406 g/mol. The number of hydrogen-bond acceptors (Lipinski definition) is 4. The number of methoxy groups -OCH3 is 2. The van der Waals surface area contributed by atoms with Gasteiger partial charge in [-0.3, -0.25) is 9.78 Å². The molecule has 0 aliphatic heterocycles. The first-order valence-electron chi connectivity index (χ1n) is 8.53. The summed E-state index contributed by atoms with van der Waals surface area (Å²) in [6, 6.07) is 5.30. The summed E-state index contributed by atoms with van der Waals surface area (Å²) in [5.74, 6) is 0.844. The fraction of sp³-hybridized carbons (Fsp3) is 0.300. The van der Waals surface area contributed by atoms with Crippen molar-refractivity contribution >= 4 is 34.0 Å². The topological polar surface area (TPSA) is 53.4 Å². The molecule has 1 aromatic carbocycles. The summed E-state index contributed by atoms with van der Waals surface area (Å²) in [5, 5.41) is 1.99. The summed E-state index contributed by atoms with van der Waals surface area (Å²) in [7, 11) is 3.04. The molecule has 0 saturated carbocycles. The maximum absolute atomic E-state index is 13.2. The van der Waals surface area contributed by atoms with Gasteiger partial charge in [-0.05, 0) is 25.5 Å². The van der Waals surface area contributed by atoms with Gasteiger partial charge in [-0.2, -0.15) is 0 Å². The Hall–Kier alpha value is -2.24.